The maximum Gasteiger partial charge on any atom is 0.158 e. The number of nitrogens with zero attached hydrogens (tertiary/aromatic N) is 2. The highest BCUT2D eigenvalue weighted by molar-refractivity contribution is 9.10. The highest BCUT2D eigenvalue weighted by Crippen LogP contribution is 2.30. The van der Waals surface area contributed by atoms with Gasteiger partial charge in [-0.05, 0) is 34.1 Å². The SMILES string of the molecule is Fc1cc(NSc2n[nH]c3nc(Cl)ccc23)c(F)cc1Br. The molecule has 0 atom stereocenters. The predicted octanol–water partition coefficient (Wildman–Crippen LogP) is 4.77. The molecule has 0 radical (unpaired) electrons. The number of hydrogen-bond acceptors (Lipinski definition) is 4. The van der Waals surface area contributed by atoms with E-state index in [-0.39, 0.29) is 10.2 Å². The molecule has 0 aliphatic carbocycles. The fourth-order valence-electron chi connectivity index (χ4n) is 1.64. The van der Waals surface area contributed by atoms with Crippen molar-refractivity contribution in [1.29, 1.82) is 0 Å². The lowest BCUT2D eigenvalue weighted by Gasteiger charge is -2.06. The van der Waals surface area contributed by atoms with Gasteiger partial charge in [0.2, 0.25) is 0 Å². The van der Waals surface area contributed by atoms with Crippen molar-refractivity contribution < 1.29 is 8.78 Å². The molecule has 0 aliphatic rings. The zero-order valence-corrected chi connectivity index (χ0v) is 13.3. The van der Waals surface area contributed by atoms with E-state index in [1.54, 1.807) is 12.1 Å². The first-order chi connectivity index (χ1) is 10.0. The average Bonchev–Trinajstić information content (AvgIpc) is 2.83. The summed E-state index contributed by atoms with van der Waals surface area (Å²) in [5, 5.41) is 8.40. The van der Waals surface area contributed by atoms with Crippen molar-refractivity contribution >= 4 is 56.2 Å². The lowest BCUT2D eigenvalue weighted by Crippen LogP contribution is -1.93. The first-order valence-corrected chi connectivity index (χ1v) is 7.61. The first kappa shape index (κ1) is 14.6. The van der Waals surface area contributed by atoms with E-state index >= 15 is 0 Å². The first-order valence-electron chi connectivity index (χ1n) is 5.62. The minimum Gasteiger partial charge on any atom is -0.322 e. The number of fused-ring (bicyclic) bond motifs is 1. The summed E-state index contributed by atoms with van der Waals surface area (Å²) < 4.78 is 29.9. The molecule has 0 fully saturated rings. The van der Waals surface area contributed by atoms with Gasteiger partial charge in [-0.2, -0.15) is 5.10 Å². The monoisotopic (exact) mass is 390 g/mol. The van der Waals surface area contributed by atoms with Crippen LogP contribution in [-0.4, -0.2) is 15.2 Å². The van der Waals surface area contributed by atoms with E-state index < -0.39 is 11.6 Å². The largest absolute Gasteiger partial charge is 0.322 e. The Kier molecular flexibility index (Phi) is 4.01. The molecule has 9 heteroatoms. The van der Waals surface area contributed by atoms with Gasteiger partial charge in [0.25, 0.3) is 0 Å². The smallest absolute Gasteiger partial charge is 0.158 e. The highest BCUT2D eigenvalue weighted by Gasteiger charge is 2.11. The van der Waals surface area contributed by atoms with Crippen molar-refractivity contribution in [2.45, 2.75) is 5.03 Å². The standard InChI is InChI=1S/C12H6BrClF2N4S/c13-6-3-8(16)9(4-7(6)15)20-21-12-5-1-2-10(14)17-11(5)18-19-12/h1-4,20H,(H,17,18,19). The summed E-state index contributed by atoms with van der Waals surface area (Å²) >= 11 is 9.75. The quantitative estimate of drug-likeness (QED) is 0.383. The summed E-state index contributed by atoms with van der Waals surface area (Å²) in [4.78, 5) is 4.06. The third-order valence-electron chi connectivity index (χ3n) is 2.62. The summed E-state index contributed by atoms with van der Waals surface area (Å²) in [6, 6.07) is 5.50. The molecule has 3 aromatic rings. The van der Waals surface area contributed by atoms with E-state index in [0.717, 1.165) is 29.5 Å². The molecule has 4 nitrogen and oxygen atoms in total. The second-order valence-corrected chi connectivity index (χ2v) is 6.05. The summed E-state index contributed by atoms with van der Waals surface area (Å²) in [6.45, 7) is 0. The minimum absolute atomic E-state index is 0.0266. The minimum atomic E-state index is -0.572. The number of hydrogen-bond donors (Lipinski definition) is 2. The molecule has 2 heterocycles. The Balaban J connectivity index is 1.85. The number of halogens is 4. The van der Waals surface area contributed by atoms with Crippen molar-refractivity contribution in [2.24, 2.45) is 0 Å². The van der Waals surface area contributed by atoms with Crippen LogP contribution in [0.15, 0.2) is 33.8 Å². The Labute approximate surface area is 135 Å². The molecular formula is C12H6BrClF2N4S. The predicted molar refractivity (Wildman–Crippen MR) is 82.4 cm³/mol. The number of aromatic amines is 1. The van der Waals surface area contributed by atoms with E-state index in [9.17, 15) is 8.78 Å². The molecule has 0 amide bonds. The molecule has 0 bridgehead atoms. The van der Waals surface area contributed by atoms with E-state index in [1.165, 1.54) is 0 Å². The van der Waals surface area contributed by atoms with Crippen LogP contribution in [0.4, 0.5) is 14.5 Å². The number of nitrogens with one attached hydrogen (secondary N) is 2. The normalized spacial score (nSPS) is 11.0. The molecule has 0 aliphatic heterocycles. The molecule has 3 rings (SSSR count). The highest BCUT2D eigenvalue weighted by atomic mass is 79.9. The van der Waals surface area contributed by atoms with E-state index in [2.05, 4.69) is 35.8 Å². The third kappa shape index (κ3) is 2.97. The fraction of sp³-hybridized carbons (Fsp3) is 0. The Bertz CT molecular complexity index is 826. The zero-order valence-electron chi connectivity index (χ0n) is 10.1. The van der Waals surface area contributed by atoms with Crippen molar-refractivity contribution in [2.75, 3.05) is 4.72 Å². The Hall–Kier alpha value is -1.38. The van der Waals surface area contributed by atoms with E-state index in [1.807, 2.05) is 0 Å². The third-order valence-corrected chi connectivity index (χ3v) is 4.27. The van der Waals surface area contributed by atoms with Crippen molar-refractivity contribution in [3.63, 3.8) is 0 Å². The number of anilines is 1. The zero-order chi connectivity index (χ0) is 15.0. The molecule has 2 aromatic heterocycles. The van der Waals surface area contributed by atoms with Crippen LogP contribution in [0, 0.1) is 11.6 Å². The molecule has 0 saturated carbocycles. The average molecular weight is 392 g/mol. The Morgan fingerprint density at radius 3 is 2.86 bits per heavy atom. The number of rotatable bonds is 3. The molecule has 0 spiro atoms. The fourth-order valence-corrected chi connectivity index (χ4v) is 2.83. The van der Waals surface area contributed by atoms with Gasteiger partial charge >= 0.3 is 0 Å². The number of pyridine rings is 1. The van der Waals surface area contributed by atoms with Crippen LogP contribution in [0.3, 0.4) is 0 Å². The van der Waals surface area contributed by atoms with Gasteiger partial charge in [-0.3, -0.25) is 5.10 Å². The second kappa shape index (κ2) is 5.78. The van der Waals surface area contributed by atoms with Crippen LogP contribution in [0.25, 0.3) is 11.0 Å². The Morgan fingerprint density at radius 2 is 2.05 bits per heavy atom. The van der Waals surface area contributed by atoms with Gasteiger partial charge in [0, 0.05) is 18.0 Å². The molecule has 0 saturated heterocycles. The van der Waals surface area contributed by atoms with E-state index in [4.69, 9.17) is 11.6 Å². The second-order valence-electron chi connectivity index (χ2n) is 4.01. The van der Waals surface area contributed by atoms with Crippen LogP contribution in [0.2, 0.25) is 5.15 Å². The van der Waals surface area contributed by atoms with Crippen LogP contribution >= 0.6 is 39.5 Å². The molecule has 21 heavy (non-hydrogen) atoms. The van der Waals surface area contributed by atoms with Crippen LogP contribution in [0.1, 0.15) is 0 Å². The van der Waals surface area contributed by atoms with Crippen LogP contribution < -0.4 is 4.72 Å². The molecule has 0 unspecified atom stereocenters. The van der Waals surface area contributed by atoms with E-state index in [0.29, 0.717) is 15.8 Å². The van der Waals surface area contributed by atoms with Crippen molar-refractivity contribution in [3.05, 3.63) is 45.5 Å². The maximum absolute atomic E-state index is 13.7. The van der Waals surface area contributed by atoms with Gasteiger partial charge in [-0.15, -0.1) is 0 Å². The molecular weight excluding hydrogens is 386 g/mol. The van der Waals surface area contributed by atoms with Crippen LogP contribution in [0.5, 0.6) is 0 Å². The van der Waals surface area contributed by atoms with Gasteiger partial charge in [-0.25, -0.2) is 13.8 Å². The maximum atomic E-state index is 13.7. The van der Waals surface area contributed by atoms with Gasteiger partial charge in [0.1, 0.15) is 21.8 Å². The van der Waals surface area contributed by atoms with Gasteiger partial charge in [-0.1, -0.05) is 11.6 Å². The molecule has 1 aromatic carbocycles. The molecule has 108 valence electrons. The van der Waals surface area contributed by atoms with Gasteiger partial charge < -0.3 is 4.72 Å². The summed E-state index contributed by atoms with van der Waals surface area (Å²) in [5.74, 6) is -1.13. The Morgan fingerprint density at radius 1 is 1.24 bits per heavy atom. The molecule has 2 N–H and O–H groups in total. The summed E-state index contributed by atoms with van der Waals surface area (Å²) in [6.07, 6.45) is 0. The number of H-pyrrole nitrogens is 1. The van der Waals surface area contributed by atoms with Crippen molar-refractivity contribution in [3.8, 4) is 0 Å². The van der Waals surface area contributed by atoms with Crippen LogP contribution in [-0.2, 0) is 0 Å². The topological polar surface area (TPSA) is 53.6 Å². The summed E-state index contributed by atoms with van der Waals surface area (Å²) in [5.41, 5.74) is 0.549. The van der Waals surface area contributed by atoms with Gasteiger partial charge in [0.05, 0.1) is 15.5 Å². The lowest BCUT2D eigenvalue weighted by atomic mass is 10.3. The number of aromatic nitrogens is 3. The number of benzene rings is 1. The van der Waals surface area contributed by atoms with Gasteiger partial charge in [0.15, 0.2) is 5.65 Å². The summed E-state index contributed by atoms with van der Waals surface area (Å²) in [7, 11) is 0. The van der Waals surface area contributed by atoms with Crippen molar-refractivity contribution in [1.82, 2.24) is 15.2 Å². The lowest BCUT2D eigenvalue weighted by molar-refractivity contribution is 0.598.